The van der Waals surface area contributed by atoms with Crippen LogP contribution in [0.2, 0.25) is 0 Å². The number of pyridine rings is 3. The zero-order valence-electron chi connectivity index (χ0n) is 12.9. The van der Waals surface area contributed by atoms with Gasteiger partial charge in [-0.1, -0.05) is 12.1 Å². The average Bonchev–Trinajstić information content (AvgIpc) is 2.61. The van der Waals surface area contributed by atoms with Crippen LogP contribution < -0.4 is 10.9 Å². The highest BCUT2D eigenvalue weighted by Gasteiger charge is 2.16. The van der Waals surface area contributed by atoms with Gasteiger partial charge in [-0.15, -0.1) is 0 Å². The molecule has 0 aliphatic rings. The molecule has 0 aliphatic heterocycles. The van der Waals surface area contributed by atoms with Crippen LogP contribution in [0.25, 0.3) is 38.2 Å². The van der Waals surface area contributed by atoms with E-state index >= 15 is 0 Å². The molecule has 3 aromatic heterocycles. The highest BCUT2D eigenvalue weighted by Crippen LogP contribution is 2.25. The first kappa shape index (κ1) is 13.2. The molecule has 0 bridgehead atoms. The van der Waals surface area contributed by atoms with Crippen molar-refractivity contribution >= 4 is 38.2 Å². The lowest BCUT2D eigenvalue weighted by Crippen LogP contribution is -2.14. The van der Waals surface area contributed by atoms with Gasteiger partial charge >= 0.3 is 0 Å². The van der Waals surface area contributed by atoms with Crippen molar-refractivity contribution < 1.29 is 0 Å². The maximum atomic E-state index is 12.9. The van der Waals surface area contributed by atoms with Crippen LogP contribution in [0.1, 0.15) is 5.56 Å². The third-order valence-electron chi connectivity index (χ3n) is 4.63. The lowest BCUT2D eigenvalue weighted by atomic mass is 10.0. The second-order valence-corrected chi connectivity index (χ2v) is 6.09. The van der Waals surface area contributed by atoms with Crippen molar-refractivity contribution in [2.24, 2.45) is 0 Å². The van der Waals surface area contributed by atoms with Gasteiger partial charge < -0.3 is 0 Å². The number of benzene rings is 2. The Morgan fingerprint density at radius 2 is 1.54 bits per heavy atom. The molecule has 0 radical (unpaired) electrons. The second-order valence-electron chi connectivity index (χ2n) is 6.09. The molecule has 0 N–H and O–H groups in total. The van der Waals surface area contributed by atoms with Crippen molar-refractivity contribution in [2.75, 3.05) is 0 Å². The maximum absolute atomic E-state index is 12.9. The van der Waals surface area contributed by atoms with Crippen LogP contribution in [0, 0.1) is 6.92 Å². The molecule has 3 heterocycles. The van der Waals surface area contributed by atoms with Crippen LogP contribution in [-0.2, 0) is 0 Å². The number of rotatable bonds is 0. The molecule has 4 heteroatoms. The summed E-state index contributed by atoms with van der Waals surface area (Å²) < 4.78 is 1.95. The van der Waals surface area contributed by atoms with E-state index in [-0.39, 0.29) is 10.9 Å². The molecular formula is C20H12N2O2. The first-order valence-electron chi connectivity index (χ1n) is 7.75. The first-order valence-corrected chi connectivity index (χ1v) is 7.75. The molecule has 0 unspecified atom stereocenters. The van der Waals surface area contributed by atoms with Crippen molar-refractivity contribution in [3.63, 3.8) is 0 Å². The minimum Gasteiger partial charge on any atom is -0.292 e. The van der Waals surface area contributed by atoms with E-state index in [0.29, 0.717) is 32.7 Å². The third kappa shape index (κ3) is 1.50. The smallest absolute Gasteiger partial charge is 0.198 e. The topological polar surface area (TPSA) is 51.4 Å². The fraction of sp³-hybridized carbons (Fsp3) is 0.0500. The van der Waals surface area contributed by atoms with Crippen molar-refractivity contribution in [2.45, 2.75) is 6.92 Å². The average molecular weight is 312 g/mol. The van der Waals surface area contributed by atoms with Gasteiger partial charge in [0.25, 0.3) is 0 Å². The molecule has 5 aromatic rings. The summed E-state index contributed by atoms with van der Waals surface area (Å²) in [6.45, 7) is 1.99. The molecule has 0 aliphatic carbocycles. The van der Waals surface area contributed by atoms with Crippen molar-refractivity contribution in [1.82, 2.24) is 9.38 Å². The Balaban J connectivity index is 2.34. The first-order chi connectivity index (χ1) is 11.7. The van der Waals surface area contributed by atoms with Crippen LogP contribution in [0.3, 0.4) is 0 Å². The normalized spacial score (nSPS) is 11.9. The zero-order valence-corrected chi connectivity index (χ0v) is 12.9. The summed E-state index contributed by atoms with van der Waals surface area (Å²) in [6, 6.07) is 14.6. The van der Waals surface area contributed by atoms with Crippen LogP contribution >= 0.6 is 0 Å². The van der Waals surface area contributed by atoms with E-state index < -0.39 is 0 Å². The number of aryl methyl sites for hydroxylation is 1. The highest BCUT2D eigenvalue weighted by atomic mass is 16.1. The van der Waals surface area contributed by atoms with Crippen molar-refractivity contribution in [1.29, 1.82) is 0 Å². The highest BCUT2D eigenvalue weighted by molar-refractivity contribution is 6.06. The van der Waals surface area contributed by atoms with Gasteiger partial charge in [-0.2, -0.15) is 0 Å². The molecule has 0 atom stereocenters. The Hall–Kier alpha value is -3.27. The summed E-state index contributed by atoms with van der Waals surface area (Å²) in [5.74, 6) is 0. The number of aromatic nitrogens is 2. The minimum absolute atomic E-state index is 0.0507. The molecule has 2 aromatic carbocycles. The summed E-state index contributed by atoms with van der Waals surface area (Å²) >= 11 is 0. The SMILES string of the molecule is Cc1ccc2c(=O)c3cccc4c(=O)c5cccnc5n(c2c1)c34. The second kappa shape index (κ2) is 4.38. The van der Waals surface area contributed by atoms with E-state index in [1.54, 1.807) is 36.5 Å². The quantitative estimate of drug-likeness (QED) is 0.326. The maximum Gasteiger partial charge on any atom is 0.198 e. The summed E-state index contributed by atoms with van der Waals surface area (Å²) in [7, 11) is 0. The Morgan fingerprint density at radius 3 is 2.33 bits per heavy atom. The largest absolute Gasteiger partial charge is 0.292 e. The number of fused-ring (bicyclic) bond motifs is 4. The minimum atomic E-state index is -0.0879. The summed E-state index contributed by atoms with van der Waals surface area (Å²) in [4.78, 5) is 30.2. The molecule has 0 fully saturated rings. The van der Waals surface area contributed by atoms with Crippen LogP contribution in [0.5, 0.6) is 0 Å². The van der Waals surface area contributed by atoms with Gasteiger partial charge in [0.1, 0.15) is 5.65 Å². The van der Waals surface area contributed by atoms with Gasteiger partial charge in [0.15, 0.2) is 10.9 Å². The van der Waals surface area contributed by atoms with Crippen molar-refractivity contribution in [3.8, 4) is 0 Å². The Labute approximate surface area is 136 Å². The molecule has 4 nitrogen and oxygen atoms in total. The van der Waals surface area contributed by atoms with Gasteiger partial charge in [-0.25, -0.2) is 4.98 Å². The third-order valence-corrected chi connectivity index (χ3v) is 4.63. The Morgan fingerprint density at radius 1 is 0.833 bits per heavy atom. The van der Waals surface area contributed by atoms with Gasteiger partial charge in [0, 0.05) is 22.4 Å². The molecule has 0 saturated heterocycles. The van der Waals surface area contributed by atoms with Crippen molar-refractivity contribution in [3.05, 3.63) is 80.7 Å². The van der Waals surface area contributed by atoms with E-state index in [1.807, 2.05) is 29.5 Å². The van der Waals surface area contributed by atoms with Crippen LogP contribution in [0.4, 0.5) is 0 Å². The van der Waals surface area contributed by atoms with Crippen LogP contribution in [-0.4, -0.2) is 9.38 Å². The molecular weight excluding hydrogens is 300 g/mol. The van der Waals surface area contributed by atoms with E-state index in [2.05, 4.69) is 4.98 Å². The van der Waals surface area contributed by atoms with Gasteiger partial charge in [-0.3, -0.25) is 14.0 Å². The molecule has 0 saturated carbocycles. The monoisotopic (exact) mass is 312 g/mol. The summed E-state index contributed by atoms with van der Waals surface area (Å²) in [5.41, 5.74) is 2.93. The molecule has 24 heavy (non-hydrogen) atoms. The number of hydrogen-bond acceptors (Lipinski definition) is 3. The lowest BCUT2D eigenvalue weighted by Gasteiger charge is -2.13. The van der Waals surface area contributed by atoms with E-state index in [4.69, 9.17) is 0 Å². The Bertz CT molecular complexity index is 1380. The summed E-state index contributed by atoms with van der Waals surface area (Å²) in [6.07, 6.45) is 1.67. The van der Waals surface area contributed by atoms with Crippen LogP contribution in [0.15, 0.2) is 64.3 Å². The van der Waals surface area contributed by atoms with E-state index in [0.717, 1.165) is 11.1 Å². The lowest BCUT2D eigenvalue weighted by molar-refractivity contribution is 1.22. The van der Waals surface area contributed by atoms with Gasteiger partial charge in [-0.05, 0) is 48.9 Å². The summed E-state index contributed by atoms with van der Waals surface area (Å²) in [5, 5.41) is 2.29. The zero-order chi connectivity index (χ0) is 16.4. The number of hydrogen-bond donors (Lipinski definition) is 0. The molecule has 114 valence electrons. The fourth-order valence-electron chi connectivity index (χ4n) is 3.55. The predicted octanol–water partition coefficient (Wildman–Crippen LogP) is 3.26. The molecule has 0 spiro atoms. The molecule has 0 amide bonds. The van der Waals surface area contributed by atoms with Gasteiger partial charge in [0.05, 0.1) is 16.4 Å². The predicted molar refractivity (Wildman–Crippen MR) is 96.2 cm³/mol. The Kier molecular flexibility index (Phi) is 2.41. The number of nitrogens with zero attached hydrogens (tertiary/aromatic N) is 2. The van der Waals surface area contributed by atoms with E-state index in [1.165, 1.54) is 0 Å². The standard InChI is InChI=1S/C20H12N2O2/c1-11-7-8-12-16(10-11)22-17-13(18(12)23)4-2-5-14(17)19(24)15-6-3-9-21-20(15)22/h2-10H,1H3. The molecule has 5 rings (SSSR count). The number of para-hydroxylation sites is 1. The fourth-order valence-corrected chi connectivity index (χ4v) is 3.55. The van der Waals surface area contributed by atoms with Gasteiger partial charge in [0.2, 0.25) is 0 Å². The van der Waals surface area contributed by atoms with E-state index in [9.17, 15) is 9.59 Å².